The van der Waals surface area contributed by atoms with E-state index in [2.05, 4.69) is 20.2 Å². The van der Waals surface area contributed by atoms with Gasteiger partial charge in [-0.25, -0.2) is 27.1 Å². The fourth-order valence-corrected chi connectivity index (χ4v) is 3.77. The summed E-state index contributed by atoms with van der Waals surface area (Å²) in [6, 6.07) is 11.1. The van der Waals surface area contributed by atoms with Crippen LogP contribution in [0.1, 0.15) is 18.0 Å². The summed E-state index contributed by atoms with van der Waals surface area (Å²) in [7, 11) is 0. The standard InChI is InChI=1S/C23H17F4N7/c24-15-6-4-13(5-7-15)19(10-20(25)26)34-12-14(11-29-34)17-2-1-3-18(30-17)16-8-9-33-22(21(16)27)31-23(28)32-33/h1-9,11-12,19-20H,10H2,(H2,28,32). The Morgan fingerprint density at radius 3 is 2.47 bits per heavy atom. The Morgan fingerprint density at radius 2 is 1.71 bits per heavy atom. The highest BCUT2D eigenvalue weighted by atomic mass is 19.3. The van der Waals surface area contributed by atoms with Gasteiger partial charge in [0.1, 0.15) is 5.82 Å². The molecule has 172 valence electrons. The lowest BCUT2D eigenvalue weighted by Gasteiger charge is -2.17. The van der Waals surface area contributed by atoms with Crippen molar-refractivity contribution in [3.05, 3.63) is 84.3 Å². The number of anilines is 1. The van der Waals surface area contributed by atoms with E-state index in [1.165, 1.54) is 51.9 Å². The SMILES string of the molecule is Nc1nc2c(F)c(-c3cccc(-c4cnn(C(CC(F)F)c5ccc(F)cc5)c4)n3)ccn2n1. The summed E-state index contributed by atoms with van der Waals surface area (Å²) in [4.78, 5) is 8.41. The molecule has 0 bridgehead atoms. The molecule has 0 aliphatic carbocycles. The van der Waals surface area contributed by atoms with Gasteiger partial charge in [-0.3, -0.25) is 4.68 Å². The molecule has 11 heteroatoms. The van der Waals surface area contributed by atoms with Crippen molar-refractivity contribution in [2.24, 2.45) is 0 Å². The molecule has 4 aromatic heterocycles. The molecule has 1 atom stereocenters. The van der Waals surface area contributed by atoms with Gasteiger partial charge in [0.2, 0.25) is 12.4 Å². The van der Waals surface area contributed by atoms with E-state index in [9.17, 15) is 13.2 Å². The number of nitrogens with two attached hydrogens (primary N) is 1. The van der Waals surface area contributed by atoms with E-state index in [1.54, 1.807) is 24.4 Å². The fraction of sp³-hybridized carbons (Fsp3) is 0.130. The van der Waals surface area contributed by atoms with Gasteiger partial charge in [-0.2, -0.15) is 10.1 Å². The third-order valence-corrected chi connectivity index (χ3v) is 5.36. The molecular weight excluding hydrogens is 450 g/mol. The summed E-state index contributed by atoms with van der Waals surface area (Å²) in [5.74, 6) is -1.13. The zero-order valence-electron chi connectivity index (χ0n) is 17.5. The lowest BCUT2D eigenvalue weighted by molar-refractivity contribution is 0.121. The molecule has 4 heterocycles. The van der Waals surface area contributed by atoms with Crippen molar-refractivity contribution in [2.45, 2.75) is 18.9 Å². The first kappa shape index (κ1) is 21.6. The van der Waals surface area contributed by atoms with Crippen molar-refractivity contribution in [3.63, 3.8) is 0 Å². The summed E-state index contributed by atoms with van der Waals surface area (Å²) < 4.78 is 57.5. The van der Waals surface area contributed by atoms with Crippen LogP contribution < -0.4 is 5.73 Å². The molecular formula is C23H17F4N7. The second-order valence-corrected chi connectivity index (χ2v) is 7.59. The summed E-state index contributed by atoms with van der Waals surface area (Å²) in [6.07, 6.45) is 1.52. The molecule has 0 radical (unpaired) electrons. The van der Waals surface area contributed by atoms with Crippen LogP contribution in [0.3, 0.4) is 0 Å². The zero-order chi connectivity index (χ0) is 23.8. The lowest BCUT2D eigenvalue weighted by Crippen LogP contribution is -2.14. The van der Waals surface area contributed by atoms with Crippen molar-refractivity contribution in [1.82, 2.24) is 29.4 Å². The fourth-order valence-electron chi connectivity index (χ4n) is 3.77. The maximum atomic E-state index is 15.0. The Labute approximate surface area is 190 Å². The Kier molecular flexibility index (Phi) is 5.44. The topological polar surface area (TPSA) is 86.9 Å². The molecule has 0 amide bonds. The third kappa shape index (κ3) is 4.07. The molecule has 0 aliphatic rings. The van der Waals surface area contributed by atoms with Gasteiger partial charge < -0.3 is 5.73 Å². The second-order valence-electron chi connectivity index (χ2n) is 7.59. The van der Waals surface area contributed by atoms with Crippen LogP contribution >= 0.6 is 0 Å². The average molecular weight is 467 g/mol. The maximum Gasteiger partial charge on any atom is 0.241 e. The summed E-state index contributed by atoms with van der Waals surface area (Å²) >= 11 is 0. The molecule has 0 saturated carbocycles. The van der Waals surface area contributed by atoms with Gasteiger partial charge in [0.15, 0.2) is 11.5 Å². The minimum Gasteiger partial charge on any atom is -0.366 e. The van der Waals surface area contributed by atoms with E-state index in [0.29, 0.717) is 22.5 Å². The van der Waals surface area contributed by atoms with Crippen molar-refractivity contribution in [2.75, 3.05) is 5.73 Å². The summed E-state index contributed by atoms with van der Waals surface area (Å²) in [5.41, 5.74) is 7.60. The van der Waals surface area contributed by atoms with Crippen LogP contribution in [0.4, 0.5) is 23.5 Å². The van der Waals surface area contributed by atoms with Gasteiger partial charge in [-0.05, 0) is 35.9 Å². The van der Waals surface area contributed by atoms with Crippen LogP contribution in [0.25, 0.3) is 28.2 Å². The largest absolute Gasteiger partial charge is 0.366 e. The Bertz CT molecular complexity index is 1460. The Hall–Kier alpha value is -4.28. The maximum absolute atomic E-state index is 15.0. The lowest BCUT2D eigenvalue weighted by atomic mass is 10.0. The number of rotatable bonds is 6. The highest BCUT2D eigenvalue weighted by Crippen LogP contribution is 2.29. The van der Waals surface area contributed by atoms with Crippen molar-refractivity contribution in [3.8, 4) is 22.5 Å². The van der Waals surface area contributed by atoms with E-state index < -0.39 is 30.5 Å². The monoisotopic (exact) mass is 467 g/mol. The highest BCUT2D eigenvalue weighted by Gasteiger charge is 2.21. The quantitative estimate of drug-likeness (QED) is 0.364. The van der Waals surface area contributed by atoms with Crippen molar-refractivity contribution < 1.29 is 17.6 Å². The minimum absolute atomic E-state index is 0.0239. The normalized spacial score (nSPS) is 12.5. The smallest absolute Gasteiger partial charge is 0.241 e. The third-order valence-electron chi connectivity index (χ3n) is 5.36. The second kappa shape index (κ2) is 8.58. The number of pyridine rings is 2. The molecule has 1 aromatic carbocycles. The van der Waals surface area contributed by atoms with Crippen LogP contribution in [0.2, 0.25) is 0 Å². The van der Waals surface area contributed by atoms with Crippen LogP contribution in [0, 0.1) is 11.6 Å². The van der Waals surface area contributed by atoms with Gasteiger partial charge in [0.25, 0.3) is 0 Å². The number of fused-ring (bicyclic) bond motifs is 1. The van der Waals surface area contributed by atoms with Crippen molar-refractivity contribution >= 4 is 11.6 Å². The summed E-state index contributed by atoms with van der Waals surface area (Å²) in [6.45, 7) is 0. The van der Waals surface area contributed by atoms with E-state index in [1.807, 2.05) is 0 Å². The van der Waals surface area contributed by atoms with Crippen LogP contribution in [0.5, 0.6) is 0 Å². The number of nitrogens with zero attached hydrogens (tertiary/aromatic N) is 6. The number of alkyl halides is 2. The Balaban J connectivity index is 1.50. The number of hydrogen-bond acceptors (Lipinski definition) is 5. The number of aromatic nitrogens is 6. The molecule has 0 fully saturated rings. The van der Waals surface area contributed by atoms with Crippen LogP contribution in [0.15, 0.2) is 67.1 Å². The first-order chi connectivity index (χ1) is 16.4. The van der Waals surface area contributed by atoms with Gasteiger partial charge in [-0.15, -0.1) is 5.10 Å². The molecule has 0 aliphatic heterocycles. The van der Waals surface area contributed by atoms with Gasteiger partial charge in [0.05, 0.1) is 23.6 Å². The molecule has 5 aromatic rings. The molecule has 34 heavy (non-hydrogen) atoms. The zero-order valence-corrected chi connectivity index (χ0v) is 17.5. The molecule has 2 N–H and O–H groups in total. The van der Waals surface area contributed by atoms with Crippen molar-refractivity contribution in [1.29, 1.82) is 0 Å². The first-order valence-electron chi connectivity index (χ1n) is 10.2. The van der Waals surface area contributed by atoms with Gasteiger partial charge in [0, 0.05) is 29.9 Å². The average Bonchev–Trinajstić information content (AvgIpc) is 3.45. The van der Waals surface area contributed by atoms with Gasteiger partial charge >= 0.3 is 0 Å². The number of nitrogen functional groups attached to an aromatic ring is 1. The predicted octanol–water partition coefficient (Wildman–Crippen LogP) is 4.76. The number of halogens is 4. The van der Waals surface area contributed by atoms with E-state index >= 15 is 4.39 Å². The number of hydrogen-bond donors (Lipinski definition) is 1. The molecule has 0 saturated heterocycles. The minimum atomic E-state index is -2.59. The predicted molar refractivity (Wildman–Crippen MR) is 117 cm³/mol. The molecule has 0 spiro atoms. The van der Waals surface area contributed by atoms with E-state index in [4.69, 9.17) is 5.73 Å². The van der Waals surface area contributed by atoms with Gasteiger partial charge in [-0.1, -0.05) is 18.2 Å². The van der Waals surface area contributed by atoms with E-state index in [-0.39, 0.29) is 17.2 Å². The van der Waals surface area contributed by atoms with Crippen LogP contribution in [-0.2, 0) is 0 Å². The molecule has 1 unspecified atom stereocenters. The number of benzene rings is 1. The first-order valence-corrected chi connectivity index (χ1v) is 10.2. The molecule has 7 nitrogen and oxygen atoms in total. The van der Waals surface area contributed by atoms with E-state index in [0.717, 1.165) is 0 Å². The summed E-state index contributed by atoms with van der Waals surface area (Å²) in [5, 5.41) is 8.13. The van der Waals surface area contributed by atoms with Crippen LogP contribution in [-0.4, -0.2) is 35.8 Å². The molecule has 5 rings (SSSR count). The Morgan fingerprint density at radius 1 is 0.941 bits per heavy atom. The highest BCUT2D eigenvalue weighted by molar-refractivity contribution is 5.69.